The molecule has 8 atom stereocenters. The molecule has 0 bridgehead atoms. The Morgan fingerprint density at radius 2 is 1.33 bits per heavy atom. The molecule has 1 aliphatic rings. The third kappa shape index (κ3) is 21.0. The van der Waals surface area contributed by atoms with Crippen LogP contribution in [-0.4, -0.2) is 107 Å². The van der Waals surface area contributed by atoms with Gasteiger partial charge in [-0.15, -0.1) is 0 Å². The summed E-state index contributed by atoms with van der Waals surface area (Å²) in [5.74, 6) is -0.708. The van der Waals surface area contributed by atoms with E-state index in [0.717, 1.165) is 38.5 Å². The molecule has 1 rings (SSSR count). The Balaban J connectivity index is 2.75. The molecule has 14 heteroatoms. The summed E-state index contributed by atoms with van der Waals surface area (Å²) in [7, 11) is -5.11. The molecule has 8 unspecified atom stereocenters. The molecule has 1 saturated heterocycles. The van der Waals surface area contributed by atoms with Gasteiger partial charge in [0.15, 0.2) is 6.29 Å². The molecule has 7 N–H and O–H groups in total. The maximum absolute atomic E-state index is 12.9. The summed E-state index contributed by atoms with van der Waals surface area (Å²) in [5, 5.41) is 54.6. The first-order valence-corrected chi connectivity index (χ1v) is 20.0. The number of hydrogen-bond acceptors (Lipinski definition) is 11. The van der Waals surface area contributed by atoms with Crippen molar-refractivity contribution in [3.05, 3.63) is 12.2 Å². The van der Waals surface area contributed by atoms with Gasteiger partial charge in [-0.25, -0.2) is 4.18 Å². The van der Waals surface area contributed by atoms with Crippen molar-refractivity contribution in [1.82, 2.24) is 5.32 Å². The van der Waals surface area contributed by atoms with E-state index in [0.29, 0.717) is 12.8 Å². The third-order valence-corrected chi connectivity index (χ3v) is 9.39. The Morgan fingerprint density at radius 3 is 1.84 bits per heavy atom. The summed E-state index contributed by atoms with van der Waals surface area (Å²) in [5.41, 5.74) is 0. The monoisotopic (exact) mass is 725 g/mol. The molecular formula is C35H67NO12S. The Hall–Kier alpha value is -1.20. The smallest absolute Gasteiger partial charge is 0.394 e. The number of allylic oxidation sites excluding steroid dienone is 1. The number of rotatable bonds is 30. The molecule has 13 nitrogen and oxygen atoms in total. The van der Waals surface area contributed by atoms with Gasteiger partial charge >= 0.3 is 10.4 Å². The Labute approximate surface area is 294 Å². The minimum absolute atomic E-state index is 0.244. The summed E-state index contributed by atoms with van der Waals surface area (Å²) < 4.78 is 47.1. The predicted octanol–water partition coefficient (Wildman–Crippen LogP) is 4.23. The molecule has 0 aromatic heterocycles. The van der Waals surface area contributed by atoms with Crippen LogP contribution in [0.25, 0.3) is 0 Å². The summed E-state index contributed by atoms with van der Waals surface area (Å²) in [6, 6.07) is -1.11. The Bertz CT molecular complexity index is 968. The van der Waals surface area contributed by atoms with Crippen LogP contribution in [0.2, 0.25) is 0 Å². The molecule has 1 aliphatic heterocycles. The molecule has 0 aromatic rings. The van der Waals surface area contributed by atoms with Crippen molar-refractivity contribution in [3.8, 4) is 0 Å². The van der Waals surface area contributed by atoms with Gasteiger partial charge in [0.2, 0.25) is 5.91 Å². The lowest BCUT2D eigenvalue weighted by Crippen LogP contribution is -2.61. The highest BCUT2D eigenvalue weighted by molar-refractivity contribution is 7.80. The molecule has 290 valence electrons. The van der Waals surface area contributed by atoms with Crippen LogP contribution in [0.4, 0.5) is 0 Å². The lowest BCUT2D eigenvalue weighted by Gasteiger charge is -2.41. The van der Waals surface area contributed by atoms with Crippen molar-refractivity contribution in [2.45, 2.75) is 191 Å². The van der Waals surface area contributed by atoms with E-state index in [1.54, 1.807) is 0 Å². The lowest BCUT2D eigenvalue weighted by molar-refractivity contribution is -0.298. The second kappa shape index (κ2) is 27.5. The maximum Gasteiger partial charge on any atom is 0.397 e. The van der Waals surface area contributed by atoms with Crippen molar-refractivity contribution < 1.29 is 57.0 Å². The number of unbranched alkanes of at least 4 members (excludes halogenated alkanes) is 17. The summed E-state index contributed by atoms with van der Waals surface area (Å²) in [4.78, 5) is 12.9. The largest absolute Gasteiger partial charge is 0.397 e. The van der Waals surface area contributed by atoms with Crippen LogP contribution in [-0.2, 0) is 28.9 Å². The van der Waals surface area contributed by atoms with E-state index in [4.69, 9.17) is 14.0 Å². The van der Waals surface area contributed by atoms with Gasteiger partial charge in [0.1, 0.15) is 30.5 Å². The zero-order valence-corrected chi connectivity index (χ0v) is 30.7. The molecule has 0 radical (unpaired) electrons. The first-order chi connectivity index (χ1) is 23.4. The van der Waals surface area contributed by atoms with E-state index in [9.17, 15) is 38.7 Å². The molecule has 0 aromatic carbocycles. The van der Waals surface area contributed by atoms with Gasteiger partial charge in [-0.2, -0.15) is 8.42 Å². The number of ether oxygens (including phenoxy) is 2. The van der Waals surface area contributed by atoms with E-state index < -0.39 is 78.5 Å². The van der Waals surface area contributed by atoms with Crippen LogP contribution < -0.4 is 5.32 Å². The lowest BCUT2D eigenvalue weighted by atomic mass is 9.99. The highest BCUT2D eigenvalue weighted by Crippen LogP contribution is 2.26. The molecule has 0 aliphatic carbocycles. The van der Waals surface area contributed by atoms with E-state index in [-0.39, 0.29) is 6.42 Å². The highest BCUT2D eigenvalue weighted by atomic mass is 32.3. The number of carbonyl (C=O) groups is 1. The Morgan fingerprint density at radius 1 is 0.816 bits per heavy atom. The average Bonchev–Trinajstić information content (AvgIpc) is 3.06. The van der Waals surface area contributed by atoms with Crippen LogP contribution in [0.1, 0.15) is 142 Å². The number of carbonyl (C=O) groups excluding carboxylic acids is 1. The summed E-state index contributed by atoms with van der Waals surface area (Å²) in [6.07, 6.45) is 13.4. The second-order valence-electron chi connectivity index (χ2n) is 13.3. The molecule has 1 heterocycles. The molecule has 1 amide bonds. The number of aliphatic hydroxyl groups is 5. The van der Waals surface area contributed by atoms with Crippen LogP contribution in [0.15, 0.2) is 12.2 Å². The topological polar surface area (TPSA) is 212 Å². The number of amides is 1. The number of hydrogen-bond donors (Lipinski definition) is 7. The van der Waals surface area contributed by atoms with E-state index in [1.807, 2.05) is 6.08 Å². The minimum Gasteiger partial charge on any atom is -0.394 e. The van der Waals surface area contributed by atoms with Crippen LogP contribution >= 0.6 is 0 Å². The molecule has 0 spiro atoms. The average molecular weight is 726 g/mol. The maximum atomic E-state index is 12.9. The fourth-order valence-electron chi connectivity index (χ4n) is 5.87. The normalized spacial score (nSPS) is 23.5. The van der Waals surface area contributed by atoms with Gasteiger partial charge in [-0.1, -0.05) is 135 Å². The van der Waals surface area contributed by atoms with E-state index in [1.165, 1.54) is 76.7 Å². The zero-order chi connectivity index (χ0) is 36.5. The van der Waals surface area contributed by atoms with Gasteiger partial charge < -0.3 is 40.3 Å². The van der Waals surface area contributed by atoms with Gasteiger partial charge in [0.05, 0.1) is 25.4 Å². The van der Waals surface area contributed by atoms with Gasteiger partial charge in [0, 0.05) is 0 Å². The van der Waals surface area contributed by atoms with Crippen LogP contribution in [0.5, 0.6) is 0 Å². The van der Waals surface area contributed by atoms with Gasteiger partial charge in [-0.3, -0.25) is 9.35 Å². The summed E-state index contributed by atoms with van der Waals surface area (Å²) >= 11 is 0. The number of nitrogens with one attached hydrogen (secondary N) is 1. The fourth-order valence-corrected chi connectivity index (χ4v) is 6.38. The van der Waals surface area contributed by atoms with E-state index in [2.05, 4.69) is 23.3 Å². The van der Waals surface area contributed by atoms with Gasteiger partial charge in [0.25, 0.3) is 0 Å². The Kier molecular flexibility index (Phi) is 25.7. The van der Waals surface area contributed by atoms with Crippen LogP contribution in [0.3, 0.4) is 0 Å². The predicted molar refractivity (Wildman–Crippen MR) is 187 cm³/mol. The molecule has 0 saturated carbocycles. The quantitative estimate of drug-likeness (QED) is 0.0315. The molecular weight excluding hydrogens is 658 g/mol. The van der Waals surface area contributed by atoms with E-state index >= 15 is 0 Å². The highest BCUT2D eigenvalue weighted by Gasteiger charge is 2.48. The number of aliphatic hydroxyl groups excluding tert-OH is 5. The first kappa shape index (κ1) is 45.8. The van der Waals surface area contributed by atoms with Crippen molar-refractivity contribution in [2.24, 2.45) is 0 Å². The standard InChI is InChI=1S/C35H67NO12S/c1-3-5-7-9-11-13-14-15-16-18-19-21-23-28(38)27(36-34(42)29(39)24-22-20-17-12-10-8-6-4-2)26-46-35-32(41)33(48-49(43,44)45)31(40)30(25-37)47-35/h21,23,27-33,35,37-41H,3-20,22,24-26H2,1-2H3,(H,36,42)(H,43,44,45)/b23-21+. The minimum atomic E-state index is -5.11. The molecule has 49 heavy (non-hydrogen) atoms. The van der Waals surface area contributed by atoms with Crippen molar-refractivity contribution >= 4 is 16.3 Å². The second-order valence-corrected chi connectivity index (χ2v) is 14.4. The fraction of sp³-hybridized carbons (Fsp3) is 0.914. The van der Waals surface area contributed by atoms with Crippen molar-refractivity contribution in [3.63, 3.8) is 0 Å². The van der Waals surface area contributed by atoms with Crippen molar-refractivity contribution in [1.29, 1.82) is 0 Å². The SMILES string of the molecule is CCCCCCCCCCCC/C=C/C(O)C(COC1OC(CO)C(O)C(OS(=O)(=O)O)C1O)NC(=O)C(O)CCCCCCCCCC. The summed E-state index contributed by atoms with van der Waals surface area (Å²) in [6.45, 7) is 3.12. The third-order valence-electron chi connectivity index (χ3n) is 8.93. The molecule has 1 fully saturated rings. The van der Waals surface area contributed by atoms with Crippen LogP contribution in [0, 0.1) is 0 Å². The zero-order valence-electron chi connectivity index (χ0n) is 29.9. The van der Waals surface area contributed by atoms with Gasteiger partial charge in [-0.05, 0) is 19.3 Å². The first-order valence-electron chi connectivity index (χ1n) is 18.7. The van der Waals surface area contributed by atoms with Crippen molar-refractivity contribution in [2.75, 3.05) is 13.2 Å².